The Balaban J connectivity index is 1.73. The molecular weight excluding hydrogens is 438 g/mol. The molecule has 164 valence electrons. The highest BCUT2D eigenvalue weighted by atomic mass is 35.5. The number of allylic oxidation sites excluding steroid dienone is 2. The molecule has 0 aromatic heterocycles. The fraction of sp³-hybridized carbons (Fsp3) is 0.364. The Labute approximate surface area is 186 Å². The SMILES string of the molecule is CC(C)(C)NS(=O)(=O)c1ccc2c(c1)C1C=CCC1C(c1ccc(Cl)c([N+](=O)[O-])c1)N2. The van der Waals surface area contributed by atoms with Crippen molar-refractivity contribution in [3.05, 3.63) is 74.8 Å². The quantitative estimate of drug-likeness (QED) is 0.372. The molecule has 0 bridgehead atoms. The minimum Gasteiger partial charge on any atom is -0.378 e. The normalized spacial score (nSPS) is 22.5. The fourth-order valence-corrected chi connectivity index (χ4v) is 6.03. The van der Waals surface area contributed by atoms with E-state index in [1.165, 1.54) is 6.07 Å². The van der Waals surface area contributed by atoms with Crippen molar-refractivity contribution in [2.75, 3.05) is 5.32 Å². The molecular formula is C22H24ClN3O4S. The van der Waals surface area contributed by atoms with Gasteiger partial charge in [-0.05, 0) is 68.5 Å². The van der Waals surface area contributed by atoms with E-state index in [0.717, 1.165) is 23.2 Å². The Hall–Kier alpha value is -2.42. The molecule has 0 fully saturated rings. The van der Waals surface area contributed by atoms with Crippen LogP contribution in [0.2, 0.25) is 5.02 Å². The van der Waals surface area contributed by atoms with E-state index in [2.05, 4.69) is 22.2 Å². The largest absolute Gasteiger partial charge is 0.378 e. The summed E-state index contributed by atoms with van der Waals surface area (Å²) in [4.78, 5) is 11.1. The van der Waals surface area contributed by atoms with Crippen molar-refractivity contribution >= 4 is 33.0 Å². The van der Waals surface area contributed by atoms with E-state index in [-0.39, 0.29) is 33.5 Å². The summed E-state index contributed by atoms with van der Waals surface area (Å²) < 4.78 is 28.3. The van der Waals surface area contributed by atoms with Crippen molar-refractivity contribution in [1.29, 1.82) is 0 Å². The van der Waals surface area contributed by atoms with Gasteiger partial charge in [0.1, 0.15) is 5.02 Å². The van der Waals surface area contributed by atoms with E-state index in [1.54, 1.807) is 51.1 Å². The third-order valence-corrected chi connectivity index (χ3v) is 7.69. The van der Waals surface area contributed by atoms with Gasteiger partial charge in [0.25, 0.3) is 5.69 Å². The standard InChI is InChI=1S/C22H24ClN3O4S/c1-22(2,3)25-31(29,30)14-8-10-19-17(12-14)15-5-4-6-16(15)21(24-19)13-7-9-18(23)20(11-13)26(27)28/h4-5,7-12,15-16,21,24-25H,6H2,1-3H3. The highest BCUT2D eigenvalue weighted by molar-refractivity contribution is 7.89. The van der Waals surface area contributed by atoms with E-state index in [0.29, 0.717) is 0 Å². The summed E-state index contributed by atoms with van der Waals surface area (Å²) in [6.07, 6.45) is 4.96. The van der Waals surface area contributed by atoms with Crippen LogP contribution >= 0.6 is 11.6 Å². The summed E-state index contributed by atoms with van der Waals surface area (Å²) in [5.74, 6) is 0.127. The lowest BCUT2D eigenvalue weighted by atomic mass is 9.77. The van der Waals surface area contributed by atoms with Crippen LogP contribution < -0.4 is 10.0 Å². The van der Waals surface area contributed by atoms with Gasteiger partial charge in [-0.1, -0.05) is 29.8 Å². The maximum absolute atomic E-state index is 12.8. The average Bonchev–Trinajstić information content (AvgIpc) is 3.15. The maximum atomic E-state index is 12.8. The highest BCUT2D eigenvalue weighted by Gasteiger charge is 2.39. The fourth-order valence-electron chi connectivity index (χ4n) is 4.39. The minimum atomic E-state index is -3.66. The number of rotatable bonds is 4. The number of hydrogen-bond donors (Lipinski definition) is 2. The first kappa shape index (κ1) is 21.8. The Morgan fingerprint density at radius 3 is 2.61 bits per heavy atom. The molecule has 4 rings (SSSR count). The van der Waals surface area contributed by atoms with Crippen LogP contribution in [0.1, 0.15) is 50.3 Å². The third-order valence-electron chi connectivity index (χ3n) is 5.61. The summed E-state index contributed by atoms with van der Waals surface area (Å²) in [6, 6.07) is 9.80. The van der Waals surface area contributed by atoms with Gasteiger partial charge in [0, 0.05) is 23.2 Å². The third kappa shape index (κ3) is 4.20. The number of nitro groups is 1. The molecule has 31 heavy (non-hydrogen) atoms. The van der Waals surface area contributed by atoms with E-state index in [4.69, 9.17) is 11.6 Å². The average molecular weight is 462 g/mol. The lowest BCUT2D eigenvalue weighted by Gasteiger charge is -2.37. The summed E-state index contributed by atoms with van der Waals surface area (Å²) in [6.45, 7) is 5.41. The van der Waals surface area contributed by atoms with Crippen molar-refractivity contribution in [3.63, 3.8) is 0 Å². The Kier molecular flexibility index (Phi) is 5.36. The summed E-state index contributed by atoms with van der Waals surface area (Å²) in [5, 5.41) is 14.9. The summed E-state index contributed by atoms with van der Waals surface area (Å²) in [7, 11) is -3.66. The smallest absolute Gasteiger partial charge is 0.288 e. The molecule has 3 atom stereocenters. The molecule has 1 aliphatic carbocycles. The summed E-state index contributed by atoms with van der Waals surface area (Å²) >= 11 is 5.99. The van der Waals surface area contributed by atoms with E-state index in [1.807, 2.05) is 0 Å². The van der Waals surface area contributed by atoms with Crippen LogP contribution in [0.25, 0.3) is 0 Å². The van der Waals surface area contributed by atoms with Gasteiger partial charge in [0.05, 0.1) is 15.9 Å². The van der Waals surface area contributed by atoms with Crippen LogP contribution in [0.4, 0.5) is 11.4 Å². The first-order chi connectivity index (χ1) is 14.5. The van der Waals surface area contributed by atoms with Crippen LogP contribution in [0.3, 0.4) is 0 Å². The minimum absolute atomic E-state index is 0.0146. The number of nitro benzene ring substituents is 1. The van der Waals surface area contributed by atoms with Gasteiger partial charge in [-0.15, -0.1) is 0 Å². The molecule has 0 saturated heterocycles. The van der Waals surface area contributed by atoms with Crippen LogP contribution in [0.5, 0.6) is 0 Å². The van der Waals surface area contributed by atoms with Crippen LogP contribution in [-0.4, -0.2) is 18.9 Å². The van der Waals surface area contributed by atoms with E-state index >= 15 is 0 Å². The van der Waals surface area contributed by atoms with Crippen molar-refractivity contribution in [1.82, 2.24) is 4.72 Å². The highest BCUT2D eigenvalue weighted by Crippen LogP contribution is 2.50. The lowest BCUT2D eigenvalue weighted by Crippen LogP contribution is -2.40. The predicted octanol–water partition coefficient (Wildman–Crippen LogP) is 5.15. The monoisotopic (exact) mass is 461 g/mol. The molecule has 2 aliphatic rings. The van der Waals surface area contributed by atoms with Gasteiger partial charge in [0.15, 0.2) is 0 Å². The van der Waals surface area contributed by atoms with Crippen LogP contribution in [0.15, 0.2) is 53.4 Å². The molecule has 7 nitrogen and oxygen atoms in total. The predicted molar refractivity (Wildman–Crippen MR) is 121 cm³/mol. The first-order valence-electron chi connectivity index (χ1n) is 10.0. The number of anilines is 1. The van der Waals surface area contributed by atoms with Gasteiger partial charge in [-0.3, -0.25) is 10.1 Å². The molecule has 1 aliphatic heterocycles. The Morgan fingerprint density at radius 2 is 1.94 bits per heavy atom. The molecule has 1 heterocycles. The van der Waals surface area contributed by atoms with Gasteiger partial charge < -0.3 is 5.32 Å². The molecule has 2 aromatic carbocycles. The van der Waals surface area contributed by atoms with Crippen LogP contribution in [-0.2, 0) is 10.0 Å². The molecule has 0 radical (unpaired) electrons. The first-order valence-corrected chi connectivity index (χ1v) is 11.9. The Bertz CT molecular complexity index is 1190. The number of nitrogens with zero attached hydrogens (tertiary/aromatic N) is 1. The zero-order chi connectivity index (χ0) is 22.6. The number of nitrogens with one attached hydrogen (secondary N) is 2. The van der Waals surface area contributed by atoms with Crippen molar-refractivity contribution in [2.24, 2.45) is 5.92 Å². The number of benzene rings is 2. The van der Waals surface area contributed by atoms with Gasteiger partial charge in [0.2, 0.25) is 10.0 Å². The summed E-state index contributed by atoms with van der Waals surface area (Å²) in [5.41, 5.74) is 1.81. The Morgan fingerprint density at radius 1 is 1.19 bits per heavy atom. The second-order valence-corrected chi connectivity index (χ2v) is 11.1. The van der Waals surface area contributed by atoms with Gasteiger partial charge >= 0.3 is 0 Å². The molecule has 0 saturated carbocycles. The van der Waals surface area contributed by atoms with Crippen molar-refractivity contribution in [2.45, 2.75) is 49.6 Å². The molecule has 3 unspecified atom stereocenters. The number of halogens is 1. The number of fused-ring (bicyclic) bond motifs is 3. The zero-order valence-corrected chi connectivity index (χ0v) is 19.0. The number of hydrogen-bond acceptors (Lipinski definition) is 5. The van der Waals surface area contributed by atoms with Crippen molar-refractivity contribution < 1.29 is 13.3 Å². The maximum Gasteiger partial charge on any atom is 0.288 e. The zero-order valence-electron chi connectivity index (χ0n) is 17.4. The molecule has 2 aromatic rings. The molecule has 9 heteroatoms. The van der Waals surface area contributed by atoms with E-state index < -0.39 is 20.5 Å². The van der Waals surface area contributed by atoms with E-state index in [9.17, 15) is 18.5 Å². The lowest BCUT2D eigenvalue weighted by molar-refractivity contribution is -0.384. The van der Waals surface area contributed by atoms with Crippen molar-refractivity contribution in [3.8, 4) is 0 Å². The van der Waals surface area contributed by atoms with Gasteiger partial charge in [-0.25, -0.2) is 13.1 Å². The second kappa shape index (κ2) is 7.62. The topological polar surface area (TPSA) is 101 Å². The molecule has 0 spiro atoms. The van der Waals surface area contributed by atoms with Gasteiger partial charge in [-0.2, -0.15) is 0 Å². The van der Waals surface area contributed by atoms with Crippen LogP contribution in [0, 0.1) is 16.0 Å². The number of sulfonamides is 1. The molecule has 0 amide bonds. The second-order valence-electron chi connectivity index (χ2n) is 9.05. The molecule has 2 N–H and O–H groups in total.